The summed E-state index contributed by atoms with van der Waals surface area (Å²) in [5.74, 6) is -1.71. The first kappa shape index (κ1) is 13.4. The van der Waals surface area contributed by atoms with E-state index in [1.807, 2.05) is 0 Å². The Morgan fingerprint density at radius 3 is 2.89 bits per heavy atom. The van der Waals surface area contributed by atoms with Gasteiger partial charge < -0.3 is 5.32 Å². The zero-order valence-electron chi connectivity index (χ0n) is 9.04. The van der Waals surface area contributed by atoms with Crippen LogP contribution in [0.15, 0.2) is 23.3 Å². The Bertz CT molecular complexity index is 527. The molecule has 0 aromatic heterocycles. The molecule has 0 bridgehead atoms. The first-order valence-electron chi connectivity index (χ1n) is 4.79. The number of halogens is 1. The van der Waals surface area contributed by atoms with E-state index < -0.39 is 22.3 Å². The van der Waals surface area contributed by atoms with Gasteiger partial charge in [0.05, 0.1) is 16.6 Å². The Balaban J connectivity index is 2.74. The van der Waals surface area contributed by atoms with Gasteiger partial charge in [-0.1, -0.05) is 5.11 Å². The van der Waals surface area contributed by atoms with Crippen molar-refractivity contribution in [2.24, 2.45) is 5.11 Å². The zero-order valence-corrected chi connectivity index (χ0v) is 9.04. The molecule has 9 heteroatoms. The lowest BCUT2D eigenvalue weighted by atomic mass is 10.2. The minimum Gasteiger partial charge on any atom is -0.352 e. The van der Waals surface area contributed by atoms with Gasteiger partial charge in [0.15, 0.2) is 0 Å². The lowest BCUT2D eigenvalue weighted by molar-refractivity contribution is -0.385. The van der Waals surface area contributed by atoms with Gasteiger partial charge in [0.1, 0.15) is 5.82 Å². The van der Waals surface area contributed by atoms with Crippen molar-refractivity contribution in [1.29, 1.82) is 0 Å². The molecule has 1 aromatic carbocycles. The van der Waals surface area contributed by atoms with Gasteiger partial charge in [-0.2, -0.15) is 0 Å². The van der Waals surface area contributed by atoms with Crippen LogP contribution in [0.4, 0.5) is 10.1 Å². The summed E-state index contributed by atoms with van der Waals surface area (Å²) in [7, 11) is 0. The van der Waals surface area contributed by atoms with E-state index in [-0.39, 0.29) is 18.7 Å². The van der Waals surface area contributed by atoms with Crippen LogP contribution in [-0.2, 0) is 0 Å². The molecule has 0 atom stereocenters. The molecule has 0 radical (unpaired) electrons. The second-order valence-corrected chi connectivity index (χ2v) is 3.13. The van der Waals surface area contributed by atoms with Crippen LogP contribution in [0.25, 0.3) is 10.4 Å². The molecule has 0 aliphatic heterocycles. The van der Waals surface area contributed by atoms with Gasteiger partial charge in [0, 0.05) is 24.1 Å². The van der Waals surface area contributed by atoms with Crippen LogP contribution in [0, 0.1) is 15.9 Å². The van der Waals surface area contributed by atoms with E-state index in [9.17, 15) is 19.3 Å². The van der Waals surface area contributed by atoms with Crippen molar-refractivity contribution in [3.05, 3.63) is 50.1 Å². The second-order valence-electron chi connectivity index (χ2n) is 3.13. The SMILES string of the molecule is [N-]=[N+]=NCCNC(=O)c1ccc([N+](=O)[O-])cc1F. The molecule has 0 heterocycles. The Kier molecular flexibility index (Phi) is 4.58. The summed E-state index contributed by atoms with van der Waals surface area (Å²) in [6, 6.07) is 2.73. The molecule has 18 heavy (non-hydrogen) atoms. The number of rotatable bonds is 5. The first-order chi connectivity index (χ1) is 8.56. The van der Waals surface area contributed by atoms with Crippen molar-refractivity contribution in [1.82, 2.24) is 5.32 Å². The van der Waals surface area contributed by atoms with Crippen LogP contribution in [-0.4, -0.2) is 23.9 Å². The molecule has 0 unspecified atom stereocenters. The van der Waals surface area contributed by atoms with Crippen molar-refractivity contribution in [3.8, 4) is 0 Å². The molecule has 1 rings (SSSR count). The van der Waals surface area contributed by atoms with E-state index in [1.165, 1.54) is 0 Å². The highest BCUT2D eigenvalue weighted by Crippen LogP contribution is 2.16. The lowest BCUT2D eigenvalue weighted by Gasteiger charge is -2.04. The minimum atomic E-state index is -0.981. The van der Waals surface area contributed by atoms with Crippen molar-refractivity contribution in [3.63, 3.8) is 0 Å². The van der Waals surface area contributed by atoms with Crippen LogP contribution in [0.2, 0.25) is 0 Å². The molecule has 0 spiro atoms. The number of nitro groups is 1. The number of nitro benzene ring substituents is 1. The van der Waals surface area contributed by atoms with Crippen molar-refractivity contribution >= 4 is 11.6 Å². The van der Waals surface area contributed by atoms with Gasteiger partial charge in [0.25, 0.3) is 11.6 Å². The Hall–Kier alpha value is -2.67. The maximum absolute atomic E-state index is 13.4. The predicted molar refractivity (Wildman–Crippen MR) is 59.4 cm³/mol. The van der Waals surface area contributed by atoms with Crippen molar-refractivity contribution < 1.29 is 14.1 Å². The monoisotopic (exact) mass is 253 g/mol. The Morgan fingerprint density at radius 1 is 1.61 bits per heavy atom. The number of carbonyl (C=O) groups excluding carboxylic acids is 1. The van der Waals surface area contributed by atoms with E-state index in [0.29, 0.717) is 6.07 Å². The third-order valence-corrected chi connectivity index (χ3v) is 1.97. The first-order valence-corrected chi connectivity index (χ1v) is 4.79. The molecular formula is C9H8FN5O3. The largest absolute Gasteiger partial charge is 0.352 e. The summed E-state index contributed by atoms with van der Waals surface area (Å²) in [4.78, 5) is 23.5. The van der Waals surface area contributed by atoms with Crippen molar-refractivity contribution in [2.45, 2.75) is 0 Å². The number of hydrogen-bond donors (Lipinski definition) is 1. The van der Waals surface area contributed by atoms with Crippen LogP contribution in [0.5, 0.6) is 0 Å². The number of benzene rings is 1. The molecular weight excluding hydrogens is 245 g/mol. The number of azide groups is 1. The average Bonchev–Trinajstić information content (AvgIpc) is 2.34. The smallest absolute Gasteiger partial charge is 0.272 e. The van der Waals surface area contributed by atoms with Gasteiger partial charge >= 0.3 is 0 Å². The Morgan fingerprint density at radius 2 is 2.33 bits per heavy atom. The maximum Gasteiger partial charge on any atom is 0.272 e. The van der Waals surface area contributed by atoms with E-state index in [2.05, 4.69) is 15.3 Å². The summed E-state index contributed by atoms with van der Waals surface area (Å²) in [5.41, 5.74) is 7.26. The Labute approximate surface area is 100 Å². The zero-order chi connectivity index (χ0) is 13.5. The van der Waals surface area contributed by atoms with Gasteiger partial charge in [-0.15, -0.1) is 0 Å². The van der Waals surface area contributed by atoms with Crippen LogP contribution < -0.4 is 5.32 Å². The number of nitrogens with one attached hydrogen (secondary N) is 1. The van der Waals surface area contributed by atoms with E-state index in [0.717, 1.165) is 12.1 Å². The highest BCUT2D eigenvalue weighted by Gasteiger charge is 2.15. The highest BCUT2D eigenvalue weighted by atomic mass is 19.1. The highest BCUT2D eigenvalue weighted by molar-refractivity contribution is 5.94. The molecule has 0 aliphatic carbocycles. The number of nitrogens with zero attached hydrogens (tertiary/aromatic N) is 4. The summed E-state index contributed by atoms with van der Waals surface area (Å²) in [6.07, 6.45) is 0. The second kappa shape index (κ2) is 6.16. The molecule has 1 amide bonds. The lowest BCUT2D eigenvalue weighted by Crippen LogP contribution is -2.26. The number of carbonyl (C=O) groups is 1. The van der Waals surface area contributed by atoms with E-state index in [1.54, 1.807) is 0 Å². The summed E-state index contributed by atoms with van der Waals surface area (Å²) >= 11 is 0. The number of hydrogen-bond acceptors (Lipinski definition) is 4. The van der Waals surface area contributed by atoms with Crippen molar-refractivity contribution in [2.75, 3.05) is 13.1 Å². The van der Waals surface area contributed by atoms with Gasteiger partial charge in [-0.25, -0.2) is 4.39 Å². The maximum atomic E-state index is 13.4. The van der Waals surface area contributed by atoms with Crippen LogP contribution in [0.3, 0.4) is 0 Å². The molecule has 0 aliphatic rings. The quantitative estimate of drug-likeness (QED) is 0.215. The molecule has 8 nitrogen and oxygen atoms in total. The van der Waals surface area contributed by atoms with Crippen LogP contribution >= 0.6 is 0 Å². The topological polar surface area (TPSA) is 121 Å². The average molecular weight is 253 g/mol. The van der Waals surface area contributed by atoms with Gasteiger partial charge in [-0.05, 0) is 11.6 Å². The van der Waals surface area contributed by atoms with Gasteiger partial charge in [-0.3, -0.25) is 14.9 Å². The standard InChI is InChI=1S/C9H8FN5O3/c10-8-5-6(15(17)18)1-2-7(8)9(16)12-3-4-13-14-11/h1-2,5H,3-4H2,(H,12,16). The third kappa shape index (κ3) is 3.42. The molecule has 0 saturated carbocycles. The molecule has 0 saturated heterocycles. The fourth-order valence-electron chi connectivity index (χ4n) is 1.16. The number of non-ortho nitro benzene ring substituents is 1. The molecule has 94 valence electrons. The summed E-state index contributed by atoms with van der Waals surface area (Å²) in [6.45, 7) is 0.0934. The molecule has 0 fully saturated rings. The minimum absolute atomic E-state index is 0.0385. The molecule has 1 N–H and O–H groups in total. The van der Waals surface area contributed by atoms with E-state index >= 15 is 0 Å². The van der Waals surface area contributed by atoms with Crippen LogP contribution in [0.1, 0.15) is 10.4 Å². The van der Waals surface area contributed by atoms with E-state index in [4.69, 9.17) is 5.53 Å². The normalized spacial score (nSPS) is 9.39. The summed E-state index contributed by atoms with van der Waals surface area (Å²) in [5, 5.41) is 15.9. The fraction of sp³-hybridized carbons (Fsp3) is 0.222. The molecule has 1 aromatic rings. The van der Waals surface area contributed by atoms with Gasteiger partial charge in [0.2, 0.25) is 0 Å². The third-order valence-electron chi connectivity index (χ3n) is 1.97. The number of amides is 1. The summed E-state index contributed by atoms with van der Waals surface area (Å²) < 4.78 is 13.4. The predicted octanol–water partition coefficient (Wildman–Crippen LogP) is 1.77. The fourth-order valence-corrected chi connectivity index (χ4v) is 1.16.